The first-order chi connectivity index (χ1) is 6.95. The molecule has 0 fully saturated rings. The van der Waals surface area contributed by atoms with Gasteiger partial charge in [-0.1, -0.05) is 35.9 Å². The molecule has 1 rings (SSSR count). The van der Waals surface area contributed by atoms with Gasteiger partial charge in [-0.2, -0.15) is 0 Å². The Morgan fingerprint density at radius 1 is 0.933 bits per heavy atom. The third kappa shape index (κ3) is 6.55. The fraction of sp³-hybridized carbons (Fsp3) is 0.417. The smallest absolute Gasteiger partial charge is 0.192 e. The van der Waals surface area contributed by atoms with Gasteiger partial charge in [-0.3, -0.25) is 5.41 Å². The van der Waals surface area contributed by atoms with Crippen molar-refractivity contribution in [3.8, 4) is 0 Å². The molecule has 15 heavy (non-hydrogen) atoms. The number of benzene rings is 1. The van der Waals surface area contributed by atoms with E-state index in [1.165, 1.54) is 5.56 Å². The Labute approximate surface area is 92.8 Å². The lowest BCUT2D eigenvalue weighted by Crippen LogP contribution is -2.34. The average molecular weight is 207 g/mol. The van der Waals surface area contributed by atoms with Crippen molar-refractivity contribution in [2.45, 2.75) is 6.92 Å². The van der Waals surface area contributed by atoms with E-state index < -0.39 is 0 Å². The van der Waals surface area contributed by atoms with E-state index in [0.29, 0.717) is 5.96 Å². The average Bonchev–Trinajstić information content (AvgIpc) is 2.18. The molecule has 0 bridgehead atoms. The number of hydrogen-bond acceptors (Lipinski definition) is 1. The minimum atomic E-state index is 0.519. The van der Waals surface area contributed by atoms with E-state index in [0.717, 1.165) is 0 Å². The van der Waals surface area contributed by atoms with E-state index in [1.54, 1.807) is 9.80 Å². The molecule has 0 heterocycles. The molecule has 0 radical (unpaired) electrons. The molecule has 1 aromatic rings. The van der Waals surface area contributed by atoms with Crippen LogP contribution in [0.2, 0.25) is 0 Å². The molecule has 0 spiro atoms. The summed E-state index contributed by atoms with van der Waals surface area (Å²) < 4.78 is 0. The summed E-state index contributed by atoms with van der Waals surface area (Å²) >= 11 is 0. The van der Waals surface area contributed by atoms with E-state index in [9.17, 15) is 0 Å². The molecule has 0 unspecified atom stereocenters. The van der Waals surface area contributed by atoms with Crippen LogP contribution < -0.4 is 0 Å². The number of nitrogens with one attached hydrogen (secondary N) is 1. The maximum Gasteiger partial charge on any atom is 0.192 e. The van der Waals surface area contributed by atoms with Crippen molar-refractivity contribution in [2.24, 2.45) is 0 Å². The Balaban J connectivity index is 0.000000262. The van der Waals surface area contributed by atoms with Crippen LogP contribution in [0.5, 0.6) is 0 Å². The predicted molar refractivity (Wildman–Crippen MR) is 66.3 cm³/mol. The van der Waals surface area contributed by atoms with Crippen molar-refractivity contribution in [1.82, 2.24) is 9.80 Å². The summed E-state index contributed by atoms with van der Waals surface area (Å²) in [6.07, 6.45) is 0. The van der Waals surface area contributed by atoms with Crippen LogP contribution in [-0.4, -0.2) is 44.0 Å². The molecule has 0 aliphatic rings. The highest BCUT2D eigenvalue weighted by Gasteiger charge is 1.97. The number of guanidine groups is 1. The Kier molecular flexibility index (Phi) is 6.18. The number of nitrogens with zero attached hydrogens (tertiary/aromatic N) is 2. The summed E-state index contributed by atoms with van der Waals surface area (Å²) in [6, 6.07) is 10.3. The maximum atomic E-state index is 7.25. The van der Waals surface area contributed by atoms with E-state index in [2.05, 4.69) is 19.1 Å². The first-order valence-electron chi connectivity index (χ1n) is 4.90. The standard InChI is InChI=1S/C7H8.C5H13N3/c1-7-5-3-2-4-6-7;1-7(2)5(6)8(3)4/h2-6H,1H3;6H,1-4H3. The lowest BCUT2D eigenvalue weighted by molar-refractivity contribution is 0.478. The normalized spacial score (nSPS) is 8.60. The first-order valence-corrected chi connectivity index (χ1v) is 4.90. The highest BCUT2D eigenvalue weighted by Crippen LogP contribution is 1.92. The van der Waals surface area contributed by atoms with Crippen LogP contribution in [0.25, 0.3) is 0 Å². The van der Waals surface area contributed by atoms with Crippen LogP contribution in [-0.2, 0) is 0 Å². The molecule has 0 atom stereocenters. The minimum Gasteiger partial charge on any atom is -0.349 e. The topological polar surface area (TPSA) is 30.3 Å². The summed E-state index contributed by atoms with van der Waals surface area (Å²) in [5, 5.41) is 7.25. The van der Waals surface area contributed by atoms with Gasteiger partial charge in [0.2, 0.25) is 0 Å². The summed E-state index contributed by atoms with van der Waals surface area (Å²) in [4.78, 5) is 3.50. The molecule has 3 heteroatoms. The van der Waals surface area contributed by atoms with Crippen LogP contribution in [0, 0.1) is 12.3 Å². The molecule has 1 N–H and O–H groups in total. The molecule has 0 amide bonds. The molecule has 1 aromatic carbocycles. The van der Waals surface area contributed by atoms with Gasteiger partial charge >= 0.3 is 0 Å². The lowest BCUT2D eigenvalue weighted by Gasteiger charge is -2.19. The van der Waals surface area contributed by atoms with Gasteiger partial charge < -0.3 is 9.80 Å². The Morgan fingerprint density at radius 3 is 1.47 bits per heavy atom. The zero-order valence-electron chi connectivity index (χ0n) is 10.3. The minimum absolute atomic E-state index is 0.519. The van der Waals surface area contributed by atoms with E-state index in [-0.39, 0.29) is 0 Å². The van der Waals surface area contributed by atoms with Crippen molar-refractivity contribution in [2.75, 3.05) is 28.2 Å². The zero-order valence-corrected chi connectivity index (χ0v) is 10.3. The fourth-order valence-corrected chi connectivity index (χ4v) is 0.934. The molecule has 0 aromatic heterocycles. The van der Waals surface area contributed by atoms with Gasteiger partial charge in [-0.05, 0) is 6.92 Å². The van der Waals surface area contributed by atoms with E-state index in [1.807, 2.05) is 46.4 Å². The van der Waals surface area contributed by atoms with Gasteiger partial charge in [0.1, 0.15) is 0 Å². The van der Waals surface area contributed by atoms with Crippen molar-refractivity contribution in [3.63, 3.8) is 0 Å². The number of aryl methyl sites for hydroxylation is 1. The number of rotatable bonds is 0. The van der Waals surface area contributed by atoms with Gasteiger partial charge in [0, 0.05) is 28.2 Å². The van der Waals surface area contributed by atoms with Crippen LogP contribution in [0.1, 0.15) is 5.56 Å². The Bertz CT molecular complexity index is 268. The third-order valence-corrected chi connectivity index (χ3v) is 1.79. The summed E-state index contributed by atoms with van der Waals surface area (Å²) in [5.74, 6) is 0.519. The van der Waals surface area contributed by atoms with E-state index in [4.69, 9.17) is 5.41 Å². The summed E-state index contributed by atoms with van der Waals surface area (Å²) in [6.45, 7) is 2.08. The highest BCUT2D eigenvalue weighted by atomic mass is 15.3. The lowest BCUT2D eigenvalue weighted by atomic mass is 10.2. The van der Waals surface area contributed by atoms with Crippen molar-refractivity contribution >= 4 is 5.96 Å². The second kappa shape index (κ2) is 6.87. The maximum absolute atomic E-state index is 7.25. The third-order valence-electron chi connectivity index (χ3n) is 1.79. The second-order valence-electron chi connectivity index (χ2n) is 3.77. The molecule has 0 saturated carbocycles. The zero-order chi connectivity index (χ0) is 11.8. The molecule has 84 valence electrons. The van der Waals surface area contributed by atoms with Crippen molar-refractivity contribution in [1.29, 1.82) is 5.41 Å². The Hall–Kier alpha value is -1.51. The van der Waals surface area contributed by atoms with Gasteiger partial charge in [0.05, 0.1) is 0 Å². The number of hydrogen-bond donors (Lipinski definition) is 1. The van der Waals surface area contributed by atoms with E-state index >= 15 is 0 Å². The second-order valence-corrected chi connectivity index (χ2v) is 3.77. The molecule has 0 aliphatic heterocycles. The first kappa shape index (κ1) is 13.5. The SMILES string of the molecule is CN(C)C(=N)N(C)C.Cc1ccccc1. The van der Waals surface area contributed by atoms with Gasteiger partial charge in [0.25, 0.3) is 0 Å². The van der Waals surface area contributed by atoms with Crippen LogP contribution in [0.15, 0.2) is 30.3 Å². The van der Waals surface area contributed by atoms with Crippen LogP contribution >= 0.6 is 0 Å². The predicted octanol–water partition coefficient (Wildman–Crippen LogP) is 2.04. The summed E-state index contributed by atoms with van der Waals surface area (Å²) in [7, 11) is 7.40. The van der Waals surface area contributed by atoms with Gasteiger partial charge in [0.15, 0.2) is 5.96 Å². The largest absolute Gasteiger partial charge is 0.349 e. The molecule has 3 nitrogen and oxygen atoms in total. The quantitative estimate of drug-likeness (QED) is 0.521. The van der Waals surface area contributed by atoms with Gasteiger partial charge in [-0.15, -0.1) is 0 Å². The van der Waals surface area contributed by atoms with Crippen LogP contribution in [0.3, 0.4) is 0 Å². The van der Waals surface area contributed by atoms with Crippen molar-refractivity contribution < 1.29 is 0 Å². The molecular formula is C12H21N3. The Morgan fingerprint density at radius 2 is 1.33 bits per heavy atom. The summed E-state index contributed by atoms with van der Waals surface area (Å²) in [5.41, 5.74) is 1.32. The molecule has 0 saturated heterocycles. The van der Waals surface area contributed by atoms with Crippen molar-refractivity contribution in [3.05, 3.63) is 35.9 Å². The monoisotopic (exact) mass is 207 g/mol. The highest BCUT2D eigenvalue weighted by molar-refractivity contribution is 5.75. The van der Waals surface area contributed by atoms with Crippen LogP contribution in [0.4, 0.5) is 0 Å². The van der Waals surface area contributed by atoms with Gasteiger partial charge in [-0.25, -0.2) is 0 Å². The molecular weight excluding hydrogens is 186 g/mol. The fourth-order valence-electron chi connectivity index (χ4n) is 0.934. The molecule has 0 aliphatic carbocycles.